The smallest absolute Gasteiger partial charge is 0.403 e. The zero-order chi connectivity index (χ0) is 16.9. The summed E-state index contributed by atoms with van der Waals surface area (Å²) < 4.78 is 42.1. The van der Waals surface area contributed by atoms with Gasteiger partial charge in [0.2, 0.25) is 0 Å². The van der Waals surface area contributed by atoms with Crippen molar-refractivity contribution < 1.29 is 17.9 Å². The van der Waals surface area contributed by atoms with Crippen LogP contribution in [-0.2, 0) is 6.42 Å². The van der Waals surface area contributed by atoms with Gasteiger partial charge in [0.15, 0.2) is 5.75 Å². The number of benzene rings is 1. The van der Waals surface area contributed by atoms with E-state index in [1.54, 1.807) is 0 Å². The summed E-state index contributed by atoms with van der Waals surface area (Å²) in [6.45, 7) is 10.1. The molecule has 0 fully saturated rings. The number of halogens is 3. The van der Waals surface area contributed by atoms with Crippen molar-refractivity contribution in [1.82, 2.24) is 4.98 Å². The highest BCUT2D eigenvalue weighted by molar-refractivity contribution is 7.18. The Morgan fingerprint density at radius 1 is 1.18 bits per heavy atom. The van der Waals surface area contributed by atoms with Gasteiger partial charge in [0.1, 0.15) is 5.52 Å². The Kier molecular flexibility index (Phi) is 6.66. The molecule has 0 amide bonds. The molecule has 0 N–H and O–H groups in total. The minimum Gasteiger partial charge on any atom is -0.403 e. The van der Waals surface area contributed by atoms with E-state index in [1.165, 1.54) is 23.8 Å². The van der Waals surface area contributed by atoms with Gasteiger partial charge in [-0.15, -0.1) is 24.5 Å². The van der Waals surface area contributed by atoms with E-state index in [9.17, 15) is 13.2 Å². The summed E-state index contributed by atoms with van der Waals surface area (Å²) in [4.78, 5) is 4.27. The van der Waals surface area contributed by atoms with E-state index in [4.69, 9.17) is 0 Å². The highest BCUT2D eigenvalue weighted by Crippen LogP contribution is 2.36. The third-order valence-corrected chi connectivity index (χ3v) is 3.97. The lowest BCUT2D eigenvalue weighted by Gasteiger charge is -2.10. The van der Waals surface area contributed by atoms with Crippen LogP contribution in [-0.4, -0.2) is 11.3 Å². The Morgan fingerprint density at radius 2 is 1.77 bits per heavy atom. The van der Waals surface area contributed by atoms with Crippen LogP contribution in [0.15, 0.2) is 12.1 Å². The molecule has 0 unspecified atom stereocenters. The Balaban J connectivity index is 0.000000745. The lowest BCUT2D eigenvalue weighted by molar-refractivity contribution is -0.274. The molecule has 0 aliphatic rings. The lowest BCUT2D eigenvalue weighted by Crippen LogP contribution is -2.17. The summed E-state index contributed by atoms with van der Waals surface area (Å²) in [5.74, 6) is -0.0220. The van der Waals surface area contributed by atoms with E-state index in [0.29, 0.717) is 11.9 Å². The highest BCUT2D eigenvalue weighted by atomic mass is 32.1. The quantitative estimate of drug-likeness (QED) is 0.658. The van der Waals surface area contributed by atoms with Crippen molar-refractivity contribution >= 4 is 21.6 Å². The summed E-state index contributed by atoms with van der Waals surface area (Å²) in [5, 5.41) is 0.815. The Bertz CT molecular complexity index is 605. The largest absolute Gasteiger partial charge is 0.573 e. The van der Waals surface area contributed by atoms with Crippen LogP contribution in [0.2, 0.25) is 0 Å². The molecule has 0 aliphatic heterocycles. The molecular weight excluding hydrogens is 311 g/mol. The molecule has 6 heteroatoms. The number of alkyl halides is 3. The number of hydrogen-bond donors (Lipinski definition) is 0. The first-order valence-electron chi connectivity index (χ1n) is 7.40. The van der Waals surface area contributed by atoms with Crippen LogP contribution in [0, 0.1) is 0 Å². The fourth-order valence-electron chi connectivity index (χ4n) is 1.72. The van der Waals surface area contributed by atoms with Crippen LogP contribution < -0.4 is 4.74 Å². The van der Waals surface area contributed by atoms with Crippen molar-refractivity contribution in [1.29, 1.82) is 0 Å². The number of aromatic nitrogens is 1. The number of ether oxygens (including phenoxy) is 1. The molecular formula is C16H22F3NOS. The van der Waals surface area contributed by atoms with E-state index in [0.717, 1.165) is 15.3 Å². The third-order valence-electron chi connectivity index (χ3n) is 2.66. The molecule has 0 atom stereocenters. The van der Waals surface area contributed by atoms with Crippen molar-refractivity contribution in [3.63, 3.8) is 0 Å². The van der Waals surface area contributed by atoms with Crippen LogP contribution >= 0.6 is 11.3 Å². The van der Waals surface area contributed by atoms with E-state index in [2.05, 4.69) is 23.6 Å². The predicted octanol–water partition coefficient (Wildman–Crippen LogP) is 6.30. The van der Waals surface area contributed by atoms with Crippen molar-refractivity contribution in [2.24, 2.45) is 0 Å². The molecule has 1 aromatic carbocycles. The van der Waals surface area contributed by atoms with E-state index < -0.39 is 6.36 Å². The minimum absolute atomic E-state index is 0.182. The first kappa shape index (κ1) is 18.7. The van der Waals surface area contributed by atoms with Crippen LogP contribution in [0.3, 0.4) is 0 Å². The molecule has 22 heavy (non-hydrogen) atoms. The molecule has 1 aromatic heterocycles. The van der Waals surface area contributed by atoms with Gasteiger partial charge in [0.25, 0.3) is 0 Å². The fourth-order valence-corrected chi connectivity index (χ4v) is 2.77. The standard InChI is InChI=1S/C13H14F3NOS.C3H8/c1-4-8-5-9(18-13(14,15)16)11-10(6-8)19-12(17-11)7(2)3;1-3-2/h5-7H,4H2,1-3H3;3H2,1-2H3. The molecule has 2 aromatic rings. The average molecular weight is 333 g/mol. The molecule has 2 rings (SSSR count). The molecule has 2 nitrogen and oxygen atoms in total. The number of thiazole rings is 1. The van der Waals surface area contributed by atoms with E-state index in [1.807, 2.05) is 26.8 Å². The average Bonchev–Trinajstić information content (AvgIpc) is 2.82. The highest BCUT2D eigenvalue weighted by Gasteiger charge is 2.32. The third kappa shape index (κ3) is 5.16. The number of fused-ring (bicyclic) bond motifs is 1. The maximum atomic E-state index is 12.4. The van der Waals surface area contributed by atoms with Gasteiger partial charge in [-0.05, 0) is 24.1 Å². The first-order valence-corrected chi connectivity index (χ1v) is 8.22. The van der Waals surface area contributed by atoms with Crippen molar-refractivity contribution in [2.75, 3.05) is 0 Å². The second-order valence-electron chi connectivity index (χ2n) is 5.26. The molecule has 0 bridgehead atoms. The number of hydrogen-bond acceptors (Lipinski definition) is 3. The monoisotopic (exact) mass is 333 g/mol. The number of aryl methyl sites for hydroxylation is 1. The van der Waals surface area contributed by atoms with Crippen molar-refractivity contribution in [3.05, 3.63) is 22.7 Å². The van der Waals surface area contributed by atoms with Gasteiger partial charge in [-0.25, -0.2) is 4.98 Å². The van der Waals surface area contributed by atoms with Crippen LogP contribution in [0.25, 0.3) is 10.2 Å². The summed E-state index contributed by atoms with van der Waals surface area (Å²) in [5.41, 5.74) is 1.11. The fraction of sp³-hybridized carbons (Fsp3) is 0.562. The zero-order valence-corrected chi connectivity index (χ0v) is 14.4. The Labute approximate surface area is 133 Å². The SMILES string of the molecule is CCC.CCc1cc(OC(F)(F)F)c2nc(C(C)C)sc2c1. The summed E-state index contributed by atoms with van der Waals surface area (Å²) in [6.07, 6.45) is -2.79. The maximum Gasteiger partial charge on any atom is 0.573 e. The van der Waals surface area contributed by atoms with Crippen molar-refractivity contribution in [3.8, 4) is 5.75 Å². The number of nitrogens with zero attached hydrogens (tertiary/aromatic N) is 1. The topological polar surface area (TPSA) is 22.1 Å². The van der Waals surface area contributed by atoms with Gasteiger partial charge in [-0.1, -0.05) is 41.0 Å². The number of rotatable bonds is 3. The second-order valence-corrected chi connectivity index (χ2v) is 6.32. The van der Waals surface area contributed by atoms with Gasteiger partial charge < -0.3 is 4.74 Å². The van der Waals surface area contributed by atoms with Gasteiger partial charge in [-0.2, -0.15) is 0 Å². The molecule has 0 spiro atoms. The van der Waals surface area contributed by atoms with Gasteiger partial charge in [-0.3, -0.25) is 0 Å². The van der Waals surface area contributed by atoms with Gasteiger partial charge in [0.05, 0.1) is 9.71 Å². The summed E-state index contributed by atoms with van der Waals surface area (Å²) in [6, 6.07) is 3.29. The van der Waals surface area contributed by atoms with Crippen LogP contribution in [0.5, 0.6) is 5.75 Å². The predicted molar refractivity (Wildman–Crippen MR) is 85.7 cm³/mol. The van der Waals surface area contributed by atoms with Gasteiger partial charge >= 0.3 is 6.36 Å². The molecule has 124 valence electrons. The van der Waals surface area contributed by atoms with Crippen LogP contribution in [0.1, 0.15) is 57.5 Å². The van der Waals surface area contributed by atoms with Crippen LogP contribution in [0.4, 0.5) is 13.2 Å². The molecule has 0 saturated carbocycles. The minimum atomic E-state index is -4.69. The zero-order valence-electron chi connectivity index (χ0n) is 13.5. The van der Waals surface area contributed by atoms with E-state index >= 15 is 0 Å². The molecule has 1 heterocycles. The Morgan fingerprint density at radius 3 is 2.23 bits per heavy atom. The second kappa shape index (κ2) is 7.81. The van der Waals surface area contributed by atoms with Crippen molar-refractivity contribution in [2.45, 2.75) is 59.7 Å². The Hall–Kier alpha value is -1.30. The van der Waals surface area contributed by atoms with E-state index in [-0.39, 0.29) is 11.7 Å². The molecule has 0 aliphatic carbocycles. The maximum absolute atomic E-state index is 12.4. The molecule has 0 saturated heterocycles. The molecule has 0 radical (unpaired) electrons. The normalized spacial score (nSPS) is 11.5. The van der Waals surface area contributed by atoms with Gasteiger partial charge in [0, 0.05) is 5.92 Å². The first-order chi connectivity index (χ1) is 10.2. The summed E-state index contributed by atoms with van der Waals surface area (Å²) in [7, 11) is 0. The summed E-state index contributed by atoms with van der Waals surface area (Å²) >= 11 is 1.42. The lowest BCUT2D eigenvalue weighted by atomic mass is 10.1.